The summed E-state index contributed by atoms with van der Waals surface area (Å²) < 4.78 is 41.1. The van der Waals surface area contributed by atoms with Crippen LogP contribution in [0.4, 0.5) is 5.88 Å². The molecule has 0 N–H and O–H groups in total. The normalized spacial score (nSPS) is 18.9. The highest BCUT2D eigenvalue weighted by atomic mass is 32.2. The molecule has 3 aromatic rings. The van der Waals surface area contributed by atoms with E-state index in [2.05, 4.69) is 10.1 Å². The monoisotopic (exact) mass is 495 g/mol. The molecule has 1 atom stereocenters. The molecule has 0 aliphatic carbocycles. The molecule has 2 aliphatic heterocycles. The van der Waals surface area contributed by atoms with Crippen LogP contribution in [-0.2, 0) is 21.3 Å². The molecular formula is C27H33N3O4S. The van der Waals surface area contributed by atoms with Gasteiger partial charge in [0.25, 0.3) is 0 Å². The number of nitrogens with zero attached hydrogens (tertiary/aromatic N) is 3. The van der Waals surface area contributed by atoms with E-state index in [9.17, 15) is 8.42 Å². The van der Waals surface area contributed by atoms with Crippen LogP contribution in [0.25, 0.3) is 11.3 Å². The van der Waals surface area contributed by atoms with E-state index in [1.54, 1.807) is 16.4 Å². The molecule has 2 fully saturated rings. The molecule has 0 saturated carbocycles. The summed E-state index contributed by atoms with van der Waals surface area (Å²) in [5, 5.41) is 4.44. The maximum atomic E-state index is 13.9. The highest BCUT2D eigenvalue weighted by Gasteiger charge is 2.33. The zero-order chi connectivity index (χ0) is 24.3. The molecule has 0 radical (unpaired) electrons. The van der Waals surface area contributed by atoms with Crippen LogP contribution in [0.15, 0.2) is 64.0 Å². The van der Waals surface area contributed by atoms with Crippen molar-refractivity contribution in [3.05, 3.63) is 65.7 Å². The van der Waals surface area contributed by atoms with Crippen LogP contribution in [0, 0.1) is 6.92 Å². The minimum atomic E-state index is -3.76. The molecule has 1 aromatic heterocycles. The van der Waals surface area contributed by atoms with Crippen molar-refractivity contribution < 1.29 is 17.7 Å². The van der Waals surface area contributed by atoms with Crippen LogP contribution in [0.5, 0.6) is 0 Å². The van der Waals surface area contributed by atoms with E-state index in [0.29, 0.717) is 29.6 Å². The van der Waals surface area contributed by atoms with E-state index in [4.69, 9.17) is 9.26 Å². The zero-order valence-electron chi connectivity index (χ0n) is 20.2. The minimum Gasteiger partial charge on any atom is -0.377 e. The van der Waals surface area contributed by atoms with Crippen LogP contribution in [0.1, 0.15) is 43.2 Å². The van der Waals surface area contributed by atoms with Gasteiger partial charge in [0, 0.05) is 38.3 Å². The first kappa shape index (κ1) is 24.0. The van der Waals surface area contributed by atoms with E-state index >= 15 is 0 Å². The molecule has 0 amide bonds. The third-order valence-corrected chi connectivity index (χ3v) is 8.71. The van der Waals surface area contributed by atoms with Gasteiger partial charge in [0.1, 0.15) is 5.69 Å². The van der Waals surface area contributed by atoms with Crippen LogP contribution in [-0.4, -0.2) is 50.2 Å². The van der Waals surface area contributed by atoms with Gasteiger partial charge < -0.3 is 14.2 Å². The van der Waals surface area contributed by atoms with E-state index in [1.807, 2.05) is 49.4 Å². The summed E-state index contributed by atoms with van der Waals surface area (Å²) in [6.07, 6.45) is 5.05. The van der Waals surface area contributed by atoms with Gasteiger partial charge in [-0.25, -0.2) is 8.42 Å². The van der Waals surface area contributed by atoms with Crippen molar-refractivity contribution in [2.24, 2.45) is 0 Å². The lowest BCUT2D eigenvalue weighted by molar-refractivity contribution is 0.0926. The van der Waals surface area contributed by atoms with Gasteiger partial charge in [-0.05, 0) is 51.2 Å². The Hall–Kier alpha value is -2.68. The van der Waals surface area contributed by atoms with Gasteiger partial charge in [0.15, 0.2) is 0 Å². The predicted molar refractivity (Wildman–Crippen MR) is 136 cm³/mol. The van der Waals surface area contributed by atoms with E-state index in [1.165, 1.54) is 6.42 Å². The van der Waals surface area contributed by atoms with E-state index in [-0.39, 0.29) is 12.6 Å². The number of hydrogen-bond acceptors (Lipinski definition) is 6. The Kier molecular flexibility index (Phi) is 7.22. The number of rotatable bonds is 8. The fourth-order valence-electron chi connectivity index (χ4n) is 4.91. The fraction of sp³-hybridized carbons (Fsp3) is 0.444. The quantitative estimate of drug-likeness (QED) is 0.437. The molecule has 0 bridgehead atoms. The van der Waals surface area contributed by atoms with Crippen LogP contribution < -0.4 is 4.90 Å². The Morgan fingerprint density at radius 3 is 2.43 bits per heavy atom. The van der Waals surface area contributed by atoms with Crippen LogP contribution in [0.3, 0.4) is 0 Å². The Balaban J connectivity index is 1.56. The average Bonchev–Trinajstić information content (AvgIpc) is 3.55. The molecule has 8 heteroatoms. The third kappa shape index (κ3) is 5.29. The topological polar surface area (TPSA) is 75.9 Å². The summed E-state index contributed by atoms with van der Waals surface area (Å²) in [5.74, 6) is 0.681. The third-order valence-electron chi connectivity index (χ3n) is 6.88. The van der Waals surface area contributed by atoms with Gasteiger partial charge in [-0.2, -0.15) is 4.31 Å². The Labute approximate surface area is 207 Å². The molecule has 2 saturated heterocycles. The molecule has 7 nitrogen and oxygen atoms in total. The van der Waals surface area contributed by atoms with Crippen molar-refractivity contribution in [3.8, 4) is 11.3 Å². The summed E-state index contributed by atoms with van der Waals surface area (Å²) in [6, 6.07) is 16.9. The first-order valence-electron chi connectivity index (χ1n) is 12.5. The number of benzene rings is 2. The maximum absolute atomic E-state index is 13.9. The fourth-order valence-corrected chi connectivity index (χ4v) is 6.35. The SMILES string of the molecule is Cc1ccc(S(=O)(=O)N(Cc2c(-c3ccccc3)noc2N2CCCCC2)C[C@H]2CCCO2)cc1. The van der Waals surface area contributed by atoms with E-state index < -0.39 is 10.0 Å². The lowest BCUT2D eigenvalue weighted by atomic mass is 10.1. The van der Waals surface area contributed by atoms with Gasteiger partial charge in [0.2, 0.25) is 15.9 Å². The minimum absolute atomic E-state index is 0.117. The summed E-state index contributed by atoms with van der Waals surface area (Å²) in [6.45, 7) is 4.86. The van der Waals surface area contributed by atoms with Gasteiger partial charge >= 0.3 is 0 Å². The number of aromatic nitrogens is 1. The lowest BCUT2D eigenvalue weighted by Gasteiger charge is -2.29. The van der Waals surface area contributed by atoms with Gasteiger partial charge in [-0.15, -0.1) is 0 Å². The predicted octanol–water partition coefficient (Wildman–Crippen LogP) is 5.01. The number of anilines is 1. The number of sulfonamides is 1. The average molecular weight is 496 g/mol. The Morgan fingerprint density at radius 1 is 1.00 bits per heavy atom. The van der Waals surface area contributed by atoms with Crippen LogP contribution in [0.2, 0.25) is 0 Å². The molecule has 2 aromatic carbocycles. The maximum Gasteiger partial charge on any atom is 0.243 e. The Morgan fingerprint density at radius 2 is 1.74 bits per heavy atom. The van der Waals surface area contributed by atoms with Crippen LogP contribution >= 0.6 is 0 Å². The standard InChI is InChI=1S/C27H33N3O4S/c1-21-12-14-24(15-13-21)35(31,32)30(19-23-11-8-18-33-23)20-25-26(22-9-4-2-5-10-22)28-34-27(25)29-16-6-3-7-17-29/h2,4-5,9-10,12-15,23H,3,6-8,11,16-20H2,1H3/t23-/m1/s1. The van der Waals surface area contributed by atoms with Crippen molar-refractivity contribution in [3.63, 3.8) is 0 Å². The molecule has 2 aliphatic rings. The largest absolute Gasteiger partial charge is 0.377 e. The summed E-state index contributed by atoms with van der Waals surface area (Å²) >= 11 is 0. The summed E-state index contributed by atoms with van der Waals surface area (Å²) in [5.41, 5.74) is 3.45. The number of ether oxygens (including phenoxy) is 1. The van der Waals surface area contributed by atoms with E-state index in [0.717, 1.165) is 55.5 Å². The number of aryl methyl sites for hydroxylation is 1. The lowest BCUT2D eigenvalue weighted by Crippen LogP contribution is -2.38. The summed E-state index contributed by atoms with van der Waals surface area (Å²) in [7, 11) is -3.76. The second kappa shape index (κ2) is 10.5. The highest BCUT2D eigenvalue weighted by molar-refractivity contribution is 7.89. The van der Waals surface area contributed by atoms with Gasteiger partial charge in [-0.1, -0.05) is 53.2 Å². The van der Waals surface area contributed by atoms with Crippen molar-refractivity contribution >= 4 is 15.9 Å². The van der Waals surface area contributed by atoms with Crippen molar-refractivity contribution in [2.75, 3.05) is 31.1 Å². The van der Waals surface area contributed by atoms with Crippen molar-refractivity contribution in [2.45, 2.75) is 56.6 Å². The molecule has 0 spiro atoms. The Bertz CT molecular complexity index is 1210. The summed E-state index contributed by atoms with van der Waals surface area (Å²) in [4.78, 5) is 2.50. The number of piperidine rings is 1. The highest BCUT2D eigenvalue weighted by Crippen LogP contribution is 2.35. The van der Waals surface area contributed by atoms with Crippen molar-refractivity contribution in [1.82, 2.24) is 9.46 Å². The van der Waals surface area contributed by atoms with Gasteiger partial charge in [0.05, 0.1) is 16.6 Å². The molecule has 0 unspecified atom stereocenters. The van der Waals surface area contributed by atoms with Gasteiger partial charge in [-0.3, -0.25) is 0 Å². The smallest absolute Gasteiger partial charge is 0.243 e. The first-order valence-corrected chi connectivity index (χ1v) is 13.9. The molecule has 35 heavy (non-hydrogen) atoms. The zero-order valence-corrected chi connectivity index (χ0v) is 21.0. The molecule has 186 valence electrons. The number of hydrogen-bond donors (Lipinski definition) is 0. The molecule has 3 heterocycles. The first-order chi connectivity index (χ1) is 17.0. The molecule has 5 rings (SSSR count). The second-order valence-electron chi connectivity index (χ2n) is 9.47. The van der Waals surface area contributed by atoms with Crippen molar-refractivity contribution in [1.29, 1.82) is 0 Å². The second-order valence-corrected chi connectivity index (χ2v) is 11.4. The molecular weight excluding hydrogens is 462 g/mol.